The molecule has 0 heterocycles. The van der Waals surface area contributed by atoms with E-state index in [0.29, 0.717) is 6.61 Å². The molecule has 5 heteroatoms. The van der Waals surface area contributed by atoms with Crippen molar-refractivity contribution in [1.29, 1.82) is 0 Å². The standard InChI is InChI=1S/C14H18FNO3/c1-3-19-14(18)9-8-13(17)16-10(2)11-4-6-12(15)7-5-11/h4-7,10H,3,8-9H2,1-2H3,(H,16,17)/t10-/m1/s1. The number of benzene rings is 1. The van der Waals surface area contributed by atoms with E-state index >= 15 is 0 Å². The molecule has 0 bridgehead atoms. The molecule has 0 aliphatic carbocycles. The second-order valence-electron chi connectivity index (χ2n) is 4.15. The minimum absolute atomic E-state index is 0.0653. The lowest BCUT2D eigenvalue weighted by molar-refractivity contribution is -0.144. The van der Waals surface area contributed by atoms with Gasteiger partial charge in [0.1, 0.15) is 5.82 Å². The minimum Gasteiger partial charge on any atom is -0.466 e. The first-order valence-electron chi connectivity index (χ1n) is 6.23. The number of carbonyl (C=O) groups excluding carboxylic acids is 2. The monoisotopic (exact) mass is 267 g/mol. The third kappa shape index (κ3) is 5.50. The molecule has 0 aliphatic rings. The van der Waals surface area contributed by atoms with E-state index in [1.54, 1.807) is 26.0 Å². The molecule has 1 rings (SSSR count). The van der Waals surface area contributed by atoms with Gasteiger partial charge < -0.3 is 10.1 Å². The molecule has 0 spiro atoms. The summed E-state index contributed by atoms with van der Waals surface area (Å²) in [5, 5.41) is 2.74. The van der Waals surface area contributed by atoms with Gasteiger partial charge in [0.2, 0.25) is 5.91 Å². The van der Waals surface area contributed by atoms with Crippen LogP contribution >= 0.6 is 0 Å². The molecule has 0 radical (unpaired) electrons. The van der Waals surface area contributed by atoms with Crippen molar-refractivity contribution in [2.45, 2.75) is 32.7 Å². The molecule has 0 unspecified atom stereocenters. The molecule has 0 fully saturated rings. The number of esters is 1. The van der Waals surface area contributed by atoms with Crippen molar-refractivity contribution in [2.24, 2.45) is 0 Å². The number of halogens is 1. The SMILES string of the molecule is CCOC(=O)CCC(=O)N[C@H](C)c1ccc(F)cc1. The predicted molar refractivity (Wildman–Crippen MR) is 68.8 cm³/mol. The van der Waals surface area contributed by atoms with Gasteiger partial charge in [-0.15, -0.1) is 0 Å². The topological polar surface area (TPSA) is 55.4 Å². The number of hydrogen-bond donors (Lipinski definition) is 1. The molecule has 1 amide bonds. The summed E-state index contributed by atoms with van der Waals surface area (Å²) in [6.07, 6.45) is 0.153. The smallest absolute Gasteiger partial charge is 0.306 e. The third-order valence-corrected chi connectivity index (χ3v) is 2.61. The number of carbonyl (C=O) groups is 2. The highest BCUT2D eigenvalue weighted by molar-refractivity contribution is 5.81. The van der Waals surface area contributed by atoms with Gasteiger partial charge in [-0.1, -0.05) is 12.1 Å². The van der Waals surface area contributed by atoms with E-state index in [9.17, 15) is 14.0 Å². The highest BCUT2D eigenvalue weighted by Gasteiger charge is 2.11. The molecule has 0 aromatic heterocycles. The van der Waals surface area contributed by atoms with Crippen LogP contribution in [0.25, 0.3) is 0 Å². The maximum absolute atomic E-state index is 12.8. The summed E-state index contributed by atoms with van der Waals surface area (Å²) in [7, 11) is 0. The lowest BCUT2D eigenvalue weighted by atomic mass is 10.1. The molecule has 1 aromatic carbocycles. The Kier molecular flexibility index (Phi) is 5.99. The molecular formula is C14H18FNO3. The van der Waals surface area contributed by atoms with Crippen molar-refractivity contribution in [3.8, 4) is 0 Å². The minimum atomic E-state index is -0.382. The number of rotatable bonds is 6. The molecule has 104 valence electrons. The quantitative estimate of drug-likeness (QED) is 0.805. The van der Waals surface area contributed by atoms with Gasteiger partial charge in [0.25, 0.3) is 0 Å². The summed E-state index contributed by atoms with van der Waals surface area (Å²) in [5.41, 5.74) is 0.811. The third-order valence-electron chi connectivity index (χ3n) is 2.61. The molecule has 0 aliphatic heterocycles. The maximum Gasteiger partial charge on any atom is 0.306 e. The van der Waals surface area contributed by atoms with Crippen LogP contribution in [0, 0.1) is 5.82 Å². The van der Waals surface area contributed by atoms with E-state index in [-0.39, 0.29) is 36.6 Å². The summed E-state index contributed by atoms with van der Waals surface area (Å²) in [5.74, 6) is -0.929. The molecule has 0 saturated heterocycles. The predicted octanol–water partition coefficient (Wildman–Crippen LogP) is 2.35. The number of hydrogen-bond acceptors (Lipinski definition) is 3. The molecular weight excluding hydrogens is 249 g/mol. The lowest BCUT2D eigenvalue weighted by Crippen LogP contribution is -2.27. The maximum atomic E-state index is 12.8. The Morgan fingerprint density at radius 2 is 1.89 bits per heavy atom. The molecule has 4 nitrogen and oxygen atoms in total. The van der Waals surface area contributed by atoms with E-state index in [0.717, 1.165) is 5.56 Å². The van der Waals surface area contributed by atoms with Gasteiger partial charge in [-0.3, -0.25) is 9.59 Å². The van der Waals surface area contributed by atoms with E-state index in [2.05, 4.69) is 5.32 Å². The summed E-state index contributed by atoms with van der Waals surface area (Å²) in [6.45, 7) is 3.83. The summed E-state index contributed by atoms with van der Waals surface area (Å²) in [6, 6.07) is 5.69. The van der Waals surface area contributed by atoms with Crippen molar-refractivity contribution in [3.05, 3.63) is 35.6 Å². The van der Waals surface area contributed by atoms with Gasteiger partial charge in [-0.05, 0) is 31.5 Å². The van der Waals surface area contributed by atoms with E-state index in [4.69, 9.17) is 4.74 Å². The second kappa shape index (κ2) is 7.51. The number of nitrogens with one attached hydrogen (secondary N) is 1. The van der Waals surface area contributed by atoms with Gasteiger partial charge in [0, 0.05) is 6.42 Å². The fourth-order valence-corrected chi connectivity index (χ4v) is 1.60. The van der Waals surface area contributed by atoms with Crippen molar-refractivity contribution in [3.63, 3.8) is 0 Å². The van der Waals surface area contributed by atoms with Gasteiger partial charge in [-0.2, -0.15) is 0 Å². The molecule has 0 saturated carbocycles. The van der Waals surface area contributed by atoms with Crippen LogP contribution in [0.5, 0.6) is 0 Å². The highest BCUT2D eigenvalue weighted by atomic mass is 19.1. The molecule has 1 atom stereocenters. The Hall–Kier alpha value is -1.91. The van der Waals surface area contributed by atoms with Crippen LogP contribution < -0.4 is 5.32 Å². The fraction of sp³-hybridized carbons (Fsp3) is 0.429. The van der Waals surface area contributed by atoms with Gasteiger partial charge in [0.05, 0.1) is 19.1 Å². The molecule has 19 heavy (non-hydrogen) atoms. The lowest BCUT2D eigenvalue weighted by Gasteiger charge is -2.14. The van der Waals surface area contributed by atoms with Crippen LogP contribution in [0.1, 0.15) is 38.3 Å². The van der Waals surface area contributed by atoms with Gasteiger partial charge in [-0.25, -0.2) is 4.39 Å². The zero-order chi connectivity index (χ0) is 14.3. The Bertz CT molecular complexity index is 431. The Morgan fingerprint density at radius 3 is 2.47 bits per heavy atom. The van der Waals surface area contributed by atoms with Crippen molar-refractivity contribution >= 4 is 11.9 Å². The first-order chi connectivity index (χ1) is 9.02. The summed E-state index contributed by atoms with van der Waals surface area (Å²) in [4.78, 5) is 22.7. The number of amides is 1. The normalized spacial score (nSPS) is 11.7. The molecule has 1 aromatic rings. The highest BCUT2D eigenvalue weighted by Crippen LogP contribution is 2.13. The average molecular weight is 267 g/mol. The Balaban J connectivity index is 2.39. The Morgan fingerprint density at radius 1 is 1.26 bits per heavy atom. The largest absolute Gasteiger partial charge is 0.466 e. The average Bonchev–Trinajstić information content (AvgIpc) is 2.37. The van der Waals surface area contributed by atoms with E-state index in [1.807, 2.05) is 0 Å². The first kappa shape index (κ1) is 15.1. The van der Waals surface area contributed by atoms with Gasteiger partial charge >= 0.3 is 5.97 Å². The van der Waals surface area contributed by atoms with Crippen LogP contribution in [-0.2, 0) is 14.3 Å². The first-order valence-corrected chi connectivity index (χ1v) is 6.23. The Labute approximate surface area is 112 Å². The van der Waals surface area contributed by atoms with Crippen LogP contribution in [0.15, 0.2) is 24.3 Å². The van der Waals surface area contributed by atoms with Crippen molar-refractivity contribution in [2.75, 3.05) is 6.61 Å². The van der Waals surface area contributed by atoms with Gasteiger partial charge in [0.15, 0.2) is 0 Å². The van der Waals surface area contributed by atoms with Crippen LogP contribution in [-0.4, -0.2) is 18.5 Å². The van der Waals surface area contributed by atoms with Crippen molar-refractivity contribution in [1.82, 2.24) is 5.32 Å². The fourth-order valence-electron chi connectivity index (χ4n) is 1.60. The second-order valence-corrected chi connectivity index (χ2v) is 4.15. The summed E-state index contributed by atoms with van der Waals surface area (Å²) >= 11 is 0. The molecule has 1 N–H and O–H groups in total. The van der Waals surface area contributed by atoms with Crippen LogP contribution in [0.2, 0.25) is 0 Å². The number of ether oxygens (including phenoxy) is 1. The zero-order valence-corrected chi connectivity index (χ0v) is 11.1. The van der Waals surface area contributed by atoms with Crippen LogP contribution in [0.4, 0.5) is 4.39 Å². The van der Waals surface area contributed by atoms with Crippen LogP contribution in [0.3, 0.4) is 0 Å². The zero-order valence-electron chi connectivity index (χ0n) is 11.1. The van der Waals surface area contributed by atoms with Crippen molar-refractivity contribution < 1.29 is 18.7 Å². The van der Waals surface area contributed by atoms with E-state index in [1.165, 1.54) is 12.1 Å². The van der Waals surface area contributed by atoms with E-state index < -0.39 is 0 Å². The summed E-state index contributed by atoms with van der Waals surface area (Å²) < 4.78 is 17.5.